The zero-order valence-electron chi connectivity index (χ0n) is 7.13. The van der Waals surface area contributed by atoms with Crippen LogP contribution >= 0.6 is 23.4 Å². The number of aromatic amines is 1. The van der Waals surface area contributed by atoms with Gasteiger partial charge in [-0.05, 0) is 19.1 Å². The second-order valence-electron chi connectivity index (χ2n) is 3.05. The predicted molar refractivity (Wildman–Crippen MR) is 53.6 cm³/mol. The minimum atomic E-state index is -0.220. The molecule has 1 saturated carbocycles. The Morgan fingerprint density at radius 2 is 2.31 bits per heavy atom. The summed E-state index contributed by atoms with van der Waals surface area (Å²) in [5, 5.41) is 0.914. The lowest BCUT2D eigenvalue weighted by atomic mass is 10.3. The molecule has 0 atom stereocenters. The van der Waals surface area contributed by atoms with E-state index in [1.54, 1.807) is 0 Å². The standard InChI is InChI=1S/C8H9ClN2OS/c1-13-8-10-6(4-2-3-4)5(9)7(12)11-8/h4H,2-3H2,1H3,(H,10,11,12). The molecule has 0 aromatic carbocycles. The fourth-order valence-electron chi connectivity index (χ4n) is 1.18. The van der Waals surface area contributed by atoms with Crippen LogP contribution in [0.2, 0.25) is 5.02 Å². The maximum absolute atomic E-state index is 11.3. The van der Waals surface area contributed by atoms with Gasteiger partial charge in [-0.2, -0.15) is 0 Å². The Bertz CT molecular complexity index is 386. The van der Waals surface area contributed by atoms with Crippen molar-refractivity contribution < 1.29 is 0 Å². The van der Waals surface area contributed by atoms with Gasteiger partial charge in [0.2, 0.25) is 0 Å². The minimum Gasteiger partial charge on any atom is -0.300 e. The normalized spacial score (nSPS) is 16.2. The molecule has 5 heteroatoms. The molecule has 0 radical (unpaired) electrons. The largest absolute Gasteiger partial charge is 0.300 e. The fraction of sp³-hybridized carbons (Fsp3) is 0.500. The summed E-state index contributed by atoms with van der Waals surface area (Å²) in [6.07, 6.45) is 4.08. The summed E-state index contributed by atoms with van der Waals surface area (Å²) >= 11 is 7.27. The highest BCUT2D eigenvalue weighted by Crippen LogP contribution is 2.41. The summed E-state index contributed by atoms with van der Waals surface area (Å²) in [7, 11) is 0. The lowest BCUT2D eigenvalue weighted by Crippen LogP contribution is -2.12. The number of rotatable bonds is 2. The van der Waals surface area contributed by atoms with Gasteiger partial charge in [0.1, 0.15) is 5.02 Å². The molecule has 2 rings (SSSR count). The van der Waals surface area contributed by atoms with Crippen LogP contribution in [0, 0.1) is 0 Å². The topological polar surface area (TPSA) is 45.8 Å². The highest BCUT2D eigenvalue weighted by Gasteiger charge is 2.28. The molecule has 0 saturated heterocycles. The van der Waals surface area contributed by atoms with Gasteiger partial charge in [0.05, 0.1) is 5.69 Å². The van der Waals surface area contributed by atoms with Gasteiger partial charge in [0.15, 0.2) is 5.16 Å². The summed E-state index contributed by atoms with van der Waals surface area (Å²) in [6.45, 7) is 0. The summed E-state index contributed by atoms with van der Waals surface area (Å²) in [5.41, 5.74) is 0.553. The van der Waals surface area contributed by atoms with Crippen LogP contribution in [-0.4, -0.2) is 16.2 Å². The third-order valence-corrected chi connectivity index (χ3v) is 2.97. The van der Waals surface area contributed by atoms with Gasteiger partial charge in [-0.15, -0.1) is 0 Å². The first kappa shape index (κ1) is 9.09. The second kappa shape index (κ2) is 3.35. The number of nitrogens with zero attached hydrogens (tertiary/aromatic N) is 1. The first-order valence-electron chi connectivity index (χ1n) is 4.06. The van der Waals surface area contributed by atoms with Crippen molar-refractivity contribution in [2.24, 2.45) is 0 Å². The molecule has 1 heterocycles. The number of H-pyrrole nitrogens is 1. The van der Waals surface area contributed by atoms with Crippen molar-refractivity contribution >= 4 is 23.4 Å². The molecule has 1 aromatic heterocycles. The van der Waals surface area contributed by atoms with Crippen molar-refractivity contribution in [1.82, 2.24) is 9.97 Å². The van der Waals surface area contributed by atoms with Crippen molar-refractivity contribution in [3.8, 4) is 0 Å². The molecular weight excluding hydrogens is 208 g/mol. The molecule has 1 aliphatic carbocycles. The van der Waals surface area contributed by atoms with E-state index in [0.29, 0.717) is 11.1 Å². The van der Waals surface area contributed by atoms with Crippen LogP contribution in [0.5, 0.6) is 0 Å². The van der Waals surface area contributed by atoms with E-state index in [-0.39, 0.29) is 10.6 Å². The van der Waals surface area contributed by atoms with Gasteiger partial charge in [-0.1, -0.05) is 23.4 Å². The van der Waals surface area contributed by atoms with Crippen LogP contribution in [0.4, 0.5) is 0 Å². The number of nitrogens with one attached hydrogen (secondary N) is 1. The molecule has 0 spiro atoms. The third kappa shape index (κ3) is 1.74. The van der Waals surface area contributed by atoms with Gasteiger partial charge in [-0.3, -0.25) is 4.79 Å². The molecule has 3 nitrogen and oxygen atoms in total. The molecule has 0 bridgehead atoms. The van der Waals surface area contributed by atoms with Crippen molar-refractivity contribution in [3.63, 3.8) is 0 Å². The highest BCUT2D eigenvalue weighted by molar-refractivity contribution is 7.98. The molecule has 1 fully saturated rings. The SMILES string of the molecule is CSc1nc(C2CC2)c(Cl)c(=O)[nH]1. The first-order chi connectivity index (χ1) is 6.22. The minimum absolute atomic E-state index is 0.220. The molecule has 70 valence electrons. The summed E-state index contributed by atoms with van der Waals surface area (Å²) in [4.78, 5) is 18.2. The zero-order chi connectivity index (χ0) is 9.42. The third-order valence-electron chi connectivity index (χ3n) is 2.02. The van der Waals surface area contributed by atoms with E-state index >= 15 is 0 Å². The first-order valence-corrected chi connectivity index (χ1v) is 5.66. The van der Waals surface area contributed by atoms with Crippen LogP contribution in [0.1, 0.15) is 24.5 Å². The lowest BCUT2D eigenvalue weighted by Gasteiger charge is -2.02. The monoisotopic (exact) mass is 216 g/mol. The zero-order valence-corrected chi connectivity index (χ0v) is 8.71. The highest BCUT2D eigenvalue weighted by atomic mass is 35.5. The van der Waals surface area contributed by atoms with Gasteiger partial charge < -0.3 is 4.98 Å². The molecule has 1 N–H and O–H groups in total. The number of halogens is 1. The predicted octanol–water partition coefficient (Wildman–Crippen LogP) is 2.02. The Labute approximate surface area is 84.9 Å². The van der Waals surface area contributed by atoms with Crippen LogP contribution in [0.15, 0.2) is 9.95 Å². The number of aromatic nitrogens is 2. The Morgan fingerprint density at radius 1 is 1.62 bits per heavy atom. The van der Waals surface area contributed by atoms with Crippen molar-refractivity contribution in [2.75, 3.05) is 6.26 Å². The van der Waals surface area contributed by atoms with E-state index in [9.17, 15) is 4.79 Å². The van der Waals surface area contributed by atoms with Crippen LogP contribution in [-0.2, 0) is 0 Å². The number of hydrogen-bond acceptors (Lipinski definition) is 3. The van der Waals surface area contributed by atoms with Gasteiger partial charge >= 0.3 is 0 Å². The summed E-state index contributed by atoms with van der Waals surface area (Å²) < 4.78 is 0. The average Bonchev–Trinajstić information content (AvgIpc) is 2.92. The average molecular weight is 217 g/mol. The fourth-order valence-corrected chi connectivity index (χ4v) is 1.81. The Balaban J connectivity index is 2.52. The Kier molecular flexibility index (Phi) is 2.34. The van der Waals surface area contributed by atoms with Crippen LogP contribution in [0.3, 0.4) is 0 Å². The molecular formula is C8H9ClN2OS. The van der Waals surface area contributed by atoms with Crippen molar-refractivity contribution in [1.29, 1.82) is 0 Å². The molecule has 0 amide bonds. The van der Waals surface area contributed by atoms with Crippen LogP contribution < -0.4 is 5.56 Å². The molecule has 0 aliphatic heterocycles. The van der Waals surface area contributed by atoms with Gasteiger partial charge in [0.25, 0.3) is 5.56 Å². The molecule has 13 heavy (non-hydrogen) atoms. The van der Waals surface area contributed by atoms with Crippen molar-refractivity contribution in [2.45, 2.75) is 23.9 Å². The van der Waals surface area contributed by atoms with E-state index in [2.05, 4.69) is 9.97 Å². The summed E-state index contributed by atoms with van der Waals surface area (Å²) in [6, 6.07) is 0. The Morgan fingerprint density at radius 3 is 2.85 bits per heavy atom. The van der Waals surface area contributed by atoms with Gasteiger partial charge in [0, 0.05) is 5.92 Å². The molecule has 1 aliphatic rings. The maximum Gasteiger partial charge on any atom is 0.270 e. The summed E-state index contributed by atoms with van der Waals surface area (Å²) in [5.74, 6) is 0.417. The second-order valence-corrected chi connectivity index (χ2v) is 4.22. The Hall–Kier alpha value is -0.480. The van der Waals surface area contributed by atoms with E-state index < -0.39 is 0 Å². The van der Waals surface area contributed by atoms with E-state index in [4.69, 9.17) is 11.6 Å². The lowest BCUT2D eigenvalue weighted by molar-refractivity contribution is 0.864. The van der Waals surface area contributed by atoms with E-state index in [0.717, 1.165) is 18.5 Å². The van der Waals surface area contributed by atoms with E-state index in [1.165, 1.54) is 11.8 Å². The quantitative estimate of drug-likeness (QED) is 0.608. The number of thioether (sulfide) groups is 1. The smallest absolute Gasteiger partial charge is 0.270 e. The van der Waals surface area contributed by atoms with Crippen LogP contribution in [0.25, 0.3) is 0 Å². The molecule has 1 aromatic rings. The van der Waals surface area contributed by atoms with E-state index in [1.807, 2.05) is 6.26 Å². The van der Waals surface area contributed by atoms with Crippen molar-refractivity contribution in [3.05, 3.63) is 21.1 Å². The van der Waals surface area contributed by atoms with Gasteiger partial charge in [-0.25, -0.2) is 4.98 Å². The number of hydrogen-bond donors (Lipinski definition) is 1. The molecule has 0 unspecified atom stereocenters. The maximum atomic E-state index is 11.3.